The number of amides is 1. The Morgan fingerprint density at radius 2 is 2.00 bits per heavy atom. The van der Waals surface area contributed by atoms with Crippen LogP contribution in [0.3, 0.4) is 0 Å². The minimum atomic E-state index is -0.369. The number of halogens is 1. The van der Waals surface area contributed by atoms with Crippen molar-refractivity contribution in [3.05, 3.63) is 57.6 Å². The van der Waals surface area contributed by atoms with E-state index in [4.69, 9.17) is 11.6 Å². The summed E-state index contributed by atoms with van der Waals surface area (Å²) in [5, 5.41) is 16.7. The Morgan fingerprint density at radius 3 is 2.70 bits per heavy atom. The van der Waals surface area contributed by atoms with Gasteiger partial charge in [0.1, 0.15) is 22.8 Å². The fraction of sp³-hybridized carbons (Fsp3) is 0.238. The standard InChI is InChI=1S/C21H19ClN6O2/c1-27-8-6-16(21(27)30)26-17-10-19(29)28(2)18-4-3-12(9-13(17)18)25-15-5-7-24-20(22)14(15)11-23/h3-5,7,9-10,16,26H,6,8H2,1-2H3,(H,24,25). The highest BCUT2D eigenvalue weighted by Gasteiger charge is 2.29. The Balaban J connectivity index is 1.77. The molecule has 9 heteroatoms. The number of hydrogen-bond acceptors (Lipinski definition) is 6. The highest BCUT2D eigenvalue weighted by atomic mass is 35.5. The third kappa shape index (κ3) is 3.44. The van der Waals surface area contributed by atoms with Crippen molar-refractivity contribution in [2.24, 2.45) is 7.05 Å². The fourth-order valence-electron chi connectivity index (χ4n) is 3.60. The average molecular weight is 423 g/mol. The summed E-state index contributed by atoms with van der Waals surface area (Å²) >= 11 is 6.02. The second kappa shape index (κ2) is 7.69. The highest BCUT2D eigenvalue weighted by molar-refractivity contribution is 6.31. The van der Waals surface area contributed by atoms with Crippen LogP contribution in [0.4, 0.5) is 17.1 Å². The molecule has 152 valence electrons. The smallest absolute Gasteiger partial charge is 0.252 e. The van der Waals surface area contributed by atoms with Crippen molar-refractivity contribution >= 4 is 45.5 Å². The van der Waals surface area contributed by atoms with E-state index in [2.05, 4.69) is 15.6 Å². The first kappa shape index (κ1) is 19.7. The van der Waals surface area contributed by atoms with Gasteiger partial charge in [-0.3, -0.25) is 9.59 Å². The first-order valence-electron chi connectivity index (χ1n) is 9.36. The summed E-state index contributed by atoms with van der Waals surface area (Å²) in [7, 11) is 3.47. The van der Waals surface area contributed by atoms with Gasteiger partial charge in [-0.25, -0.2) is 4.98 Å². The zero-order valence-corrected chi connectivity index (χ0v) is 17.2. The van der Waals surface area contributed by atoms with E-state index in [0.29, 0.717) is 30.0 Å². The van der Waals surface area contributed by atoms with Crippen molar-refractivity contribution < 1.29 is 4.79 Å². The van der Waals surface area contributed by atoms with Gasteiger partial charge < -0.3 is 20.1 Å². The number of likely N-dealkylation sites (N-methyl/N-ethyl adjacent to an activating group) is 1. The number of nitriles is 1. The van der Waals surface area contributed by atoms with Gasteiger partial charge >= 0.3 is 0 Å². The quantitative estimate of drug-likeness (QED) is 0.627. The maximum Gasteiger partial charge on any atom is 0.252 e. The molecule has 1 unspecified atom stereocenters. The van der Waals surface area contributed by atoms with Gasteiger partial charge in [-0.2, -0.15) is 5.26 Å². The fourth-order valence-corrected chi connectivity index (χ4v) is 3.80. The Bertz CT molecular complexity index is 1260. The van der Waals surface area contributed by atoms with Gasteiger partial charge in [-0.15, -0.1) is 0 Å². The number of pyridine rings is 2. The molecule has 2 N–H and O–H groups in total. The lowest BCUT2D eigenvalue weighted by atomic mass is 10.1. The molecule has 3 aromatic rings. The molecular formula is C21H19ClN6O2. The number of benzene rings is 1. The monoisotopic (exact) mass is 422 g/mol. The van der Waals surface area contributed by atoms with E-state index in [1.807, 2.05) is 24.3 Å². The second-order valence-corrected chi connectivity index (χ2v) is 7.55. The minimum absolute atomic E-state index is 0.00296. The molecule has 8 nitrogen and oxygen atoms in total. The normalized spacial score (nSPS) is 16.0. The van der Waals surface area contributed by atoms with Crippen molar-refractivity contribution in [3.63, 3.8) is 0 Å². The number of likely N-dealkylation sites (tertiary alicyclic amines) is 1. The van der Waals surface area contributed by atoms with Crippen LogP contribution in [-0.4, -0.2) is 40.0 Å². The summed E-state index contributed by atoms with van der Waals surface area (Å²) < 4.78 is 1.55. The van der Waals surface area contributed by atoms with Gasteiger partial charge in [0.2, 0.25) is 5.91 Å². The van der Waals surface area contributed by atoms with Gasteiger partial charge in [-0.1, -0.05) is 11.6 Å². The molecule has 1 aliphatic rings. The number of carbonyl (C=O) groups is 1. The minimum Gasteiger partial charge on any atom is -0.373 e. The molecule has 3 heterocycles. The lowest BCUT2D eigenvalue weighted by molar-refractivity contribution is -0.127. The Kier molecular flexibility index (Phi) is 5.06. The molecular weight excluding hydrogens is 404 g/mol. The summed E-state index contributed by atoms with van der Waals surface area (Å²) in [5.41, 5.74) is 2.64. The van der Waals surface area contributed by atoms with Crippen molar-refractivity contribution in [3.8, 4) is 6.07 Å². The van der Waals surface area contributed by atoms with Crippen molar-refractivity contribution in [2.45, 2.75) is 12.5 Å². The van der Waals surface area contributed by atoms with Crippen LogP contribution in [0.2, 0.25) is 5.15 Å². The van der Waals surface area contributed by atoms with E-state index >= 15 is 0 Å². The van der Waals surface area contributed by atoms with Gasteiger partial charge in [-0.05, 0) is 30.7 Å². The Hall–Kier alpha value is -3.57. The number of rotatable bonds is 4. The van der Waals surface area contributed by atoms with Gasteiger partial charge in [0.25, 0.3) is 5.56 Å². The zero-order chi connectivity index (χ0) is 21.4. The summed E-state index contributed by atoms with van der Waals surface area (Å²) in [5.74, 6) is 0.00296. The third-order valence-corrected chi connectivity index (χ3v) is 5.59. The van der Waals surface area contributed by atoms with E-state index in [0.717, 1.165) is 10.9 Å². The molecule has 1 saturated heterocycles. The van der Waals surface area contributed by atoms with Crippen LogP contribution in [-0.2, 0) is 11.8 Å². The summed E-state index contributed by atoms with van der Waals surface area (Å²) in [6.45, 7) is 0.672. The molecule has 1 aromatic carbocycles. The third-order valence-electron chi connectivity index (χ3n) is 5.30. The largest absolute Gasteiger partial charge is 0.373 e. The SMILES string of the molecule is CN1CCC(Nc2cc(=O)n(C)c3ccc(Nc4ccnc(Cl)c4C#N)cc23)C1=O. The van der Waals surface area contributed by atoms with Gasteiger partial charge in [0, 0.05) is 49.7 Å². The second-order valence-electron chi connectivity index (χ2n) is 7.19. The first-order valence-corrected chi connectivity index (χ1v) is 9.74. The molecule has 2 aromatic heterocycles. The number of hydrogen-bond donors (Lipinski definition) is 2. The maximum atomic E-state index is 12.4. The van der Waals surface area contributed by atoms with E-state index in [1.54, 1.807) is 29.6 Å². The first-order chi connectivity index (χ1) is 14.4. The molecule has 1 atom stereocenters. The van der Waals surface area contributed by atoms with E-state index in [9.17, 15) is 14.9 Å². The maximum absolute atomic E-state index is 12.4. The van der Waals surface area contributed by atoms with E-state index in [1.165, 1.54) is 12.3 Å². The van der Waals surface area contributed by atoms with Crippen LogP contribution in [0, 0.1) is 11.3 Å². The molecule has 0 aliphatic carbocycles. The lowest BCUT2D eigenvalue weighted by Gasteiger charge is -2.17. The van der Waals surface area contributed by atoms with Crippen molar-refractivity contribution in [1.29, 1.82) is 5.26 Å². The molecule has 4 rings (SSSR count). The van der Waals surface area contributed by atoms with Gasteiger partial charge in [0.05, 0.1) is 11.2 Å². The lowest BCUT2D eigenvalue weighted by Crippen LogP contribution is -2.31. The van der Waals surface area contributed by atoms with Crippen LogP contribution in [0.1, 0.15) is 12.0 Å². The molecule has 0 saturated carbocycles. The van der Waals surface area contributed by atoms with Crippen LogP contribution >= 0.6 is 11.6 Å². The summed E-state index contributed by atoms with van der Waals surface area (Å²) in [4.78, 5) is 30.3. The molecule has 1 fully saturated rings. The van der Waals surface area contributed by atoms with Crippen LogP contribution in [0.15, 0.2) is 41.3 Å². The number of carbonyl (C=O) groups excluding carboxylic acids is 1. The van der Waals surface area contributed by atoms with Gasteiger partial charge in [0.15, 0.2) is 0 Å². The van der Waals surface area contributed by atoms with Crippen LogP contribution in [0.25, 0.3) is 10.9 Å². The number of anilines is 3. The topological polar surface area (TPSA) is 103 Å². The zero-order valence-electron chi connectivity index (χ0n) is 16.4. The molecule has 30 heavy (non-hydrogen) atoms. The Labute approximate surface area is 177 Å². The molecule has 0 bridgehead atoms. The molecule has 0 radical (unpaired) electrons. The number of nitrogens with one attached hydrogen (secondary N) is 2. The average Bonchev–Trinajstić information content (AvgIpc) is 3.04. The number of nitrogens with zero attached hydrogens (tertiary/aromatic N) is 4. The molecule has 1 aliphatic heterocycles. The van der Waals surface area contributed by atoms with Crippen LogP contribution < -0.4 is 16.2 Å². The van der Waals surface area contributed by atoms with Crippen molar-refractivity contribution in [1.82, 2.24) is 14.5 Å². The summed E-state index contributed by atoms with van der Waals surface area (Å²) in [6, 6.07) is 10.4. The van der Waals surface area contributed by atoms with Crippen molar-refractivity contribution in [2.75, 3.05) is 24.2 Å². The number of aryl methyl sites for hydroxylation is 1. The predicted octanol–water partition coefficient (Wildman–Crippen LogP) is 2.84. The molecule has 1 amide bonds. The highest BCUT2D eigenvalue weighted by Crippen LogP contribution is 2.30. The van der Waals surface area contributed by atoms with E-state index in [-0.39, 0.29) is 28.2 Å². The van der Waals surface area contributed by atoms with Crippen LogP contribution in [0.5, 0.6) is 0 Å². The Morgan fingerprint density at radius 1 is 1.20 bits per heavy atom. The number of fused-ring (bicyclic) bond motifs is 1. The number of aromatic nitrogens is 2. The van der Waals surface area contributed by atoms with E-state index < -0.39 is 0 Å². The predicted molar refractivity (Wildman–Crippen MR) is 116 cm³/mol. The summed E-state index contributed by atoms with van der Waals surface area (Å²) in [6.07, 6.45) is 2.19. The molecule has 0 spiro atoms.